The summed E-state index contributed by atoms with van der Waals surface area (Å²) < 4.78 is 0. The minimum absolute atomic E-state index is 0.940. The van der Waals surface area contributed by atoms with Crippen LogP contribution in [0.25, 0.3) is 5.57 Å². The minimum Gasteiger partial charge on any atom is -0.0991 e. The van der Waals surface area contributed by atoms with Gasteiger partial charge < -0.3 is 0 Å². The van der Waals surface area contributed by atoms with Gasteiger partial charge in [0.25, 0.3) is 0 Å². The highest BCUT2D eigenvalue weighted by atomic mass is 14.1. The average molecular weight is 238 g/mol. The Bertz CT molecular complexity index is 467. The summed E-state index contributed by atoms with van der Waals surface area (Å²) in [5.41, 5.74) is 5.22. The predicted octanol–water partition coefficient (Wildman–Crippen LogP) is 5.48. The second-order valence-electron chi connectivity index (χ2n) is 4.33. The van der Waals surface area contributed by atoms with E-state index in [1.54, 1.807) is 0 Å². The Kier molecular flexibility index (Phi) is 5.93. The van der Waals surface area contributed by atoms with Gasteiger partial charge in [-0.1, -0.05) is 66.8 Å². The first-order valence-corrected chi connectivity index (χ1v) is 6.37. The number of aryl methyl sites for hydroxylation is 1. The van der Waals surface area contributed by atoms with E-state index in [2.05, 4.69) is 69.0 Å². The van der Waals surface area contributed by atoms with Crippen LogP contribution >= 0.6 is 0 Å². The van der Waals surface area contributed by atoms with Gasteiger partial charge in [-0.25, -0.2) is 0 Å². The van der Waals surface area contributed by atoms with Crippen LogP contribution in [0.5, 0.6) is 0 Å². The molecule has 0 unspecified atom stereocenters. The van der Waals surface area contributed by atoms with E-state index in [0.29, 0.717) is 0 Å². The number of rotatable bonds is 5. The molecule has 0 saturated heterocycles. The van der Waals surface area contributed by atoms with Gasteiger partial charge in [0.1, 0.15) is 0 Å². The Morgan fingerprint density at radius 1 is 1.17 bits per heavy atom. The third-order valence-electron chi connectivity index (χ3n) is 2.88. The molecule has 0 bridgehead atoms. The second kappa shape index (κ2) is 7.50. The van der Waals surface area contributed by atoms with Crippen molar-refractivity contribution in [2.45, 2.75) is 27.2 Å². The number of allylic oxidation sites excluding steroid dienone is 7. The molecule has 0 saturated carbocycles. The van der Waals surface area contributed by atoms with Crippen LogP contribution in [0.4, 0.5) is 0 Å². The second-order valence-corrected chi connectivity index (χ2v) is 4.33. The maximum absolute atomic E-state index is 3.77. The minimum atomic E-state index is 0.940. The fourth-order valence-electron chi connectivity index (χ4n) is 1.90. The highest BCUT2D eigenvalue weighted by Gasteiger charge is 2.02. The lowest BCUT2D eigenvalue weighted by molar-refractivity contribution is 1.28. The summed E-state index contributed by atoms with van der Waals surface area (Å²) in [5.74, 6) is 0. The quantitative estimate of drug-likeness (QED) is 0.596. The summed E-state index contributed by atoms with van der Waals surface area (Å²) in [4.78, 5) is 0. The van der Waals surface area contributed by atoms with Gasteiger partial charge in [-0.15, -0.1) is 0 Å². The van der Waals surface area contributed by atoms with Crippen molar-refractivity contribution < 1.29 is 0 Å². The molecule has 1 aromatic rings. The topological polar surface area (TPSA) is 0 Å². The molecule has 0 nitrogen and oxygen atoms in total. The van der Waals surface area contributed by atoms with Crippen molar-refractivity contribution in [3.05, 3.63) is 77.9 Å². The lowest BCUT2D eigenvalue weighted by Gasteiger charge is -2.08. The number of benzene rings is 1. The van der Waals surface area contributed by atoms with Crippen LogP contribution < -0.4 is 0 Å². The smallest absolute Gasteiger partial charge is 0.00232 e. The Hall–Kier alpha value is -1.82. The molecule has 0 N–H and O–H groups in total. The summed E-state index contributed by atoms with van der Waals surface area (Å²) in [6, 6.07) is 8.69. The van der Waals surface area contributed by atoms with E-state index < -0.39 is 0 Å². The number of hydrogen-bond donors (Lipinski definition) is 0. The molecular formula is C18H22. The van der Waals surface area contributed by atoms with Gasteiger partial charge in [0.15, 0.2) is 0 Å². The van der Waals surface area contributed by atoms with Crippen molar-refractivity contribution in [3.63, 3.8) is 0 Å². The van der Waals surface area contributed by atoms with Crippen LogP contribution in [0.1, 0.15) is 31.4 Å². The molecule has 0 spiro atoms. The van der Waals surface area contributed by atoms with Crippen LogP contribution in [0.2, 0.25) is 0 Å². The van der Waals surface area contributed by atoms with Gasteiger partial charge in [-0.3, -0.25) is 0 Å². The normalized spacial score (nSPS) is 13.1. The Morgan fingerprint density at radius 3 is 2.33 bits per heavy atom. The van der Waals surface area contributed by atoms with Crippen molar-refractivity contribution >= 4 is 5.57 Å². The van der Waals surface area contributed by atoms with Crippen molar-refractivity contribution in [1.82, 2.24) is 0 Å². The molecular weight excluding hydrogens is 216 g/mol. The molecule has 0 radical (unpaired) electrons. The van der Waals surface area contributed by atoms with E-state index in [-0.39, 0.29) is 0 Å². The molecule has 0 aliphatic heterocycles. The zero-order valence-electron chi connectivity index (χ0n) is 11.6. The SMILES string of the molecule is C=C/C=C(\C=C/C)C/C(=C\C)c1ccc(C)cc1. The first-order chi connectivity index (χ1) is 8.71. The van der Waals surface area contributed by atoms with Crippen molar-refractivity contribution in [2.75, 3.05) is 0 Å². The third-order valence-corrected chi connectivity index (χ3v) is 2.88. The Morgan fingerprint density at radius 2 is 1.83 bits per heavy atom. The van der Waals surface area contributed by atoms with E-state index in [0.717, 1.165) is 6.42 Å². The van der Waals surface area contributed by atoms with E-state index in [9.17, 15) is 0 Å². The van der Waals surface area contributed by atoms with E-state index in [1.807, 2.05) is 13.0 Å². The van der Waals surface area contributed by atoms with Crippen molar-refractivity contribution in [2.24, 2.45) is 0 Å². The van der Waals surface area contributed by atoms with Crippen LogP contribution in [-0.4, -0.2) is 0 Å². The molecule has 0 aliphatic rings. The molecule has 94 valence electrons. The Balaban J connectivity index is 2.95. The molecule has 0 amide bonds. The zero-order valence-corrected chi connectivity index (χ0v) is 11.6. The molecule has 0 fully saturated rings. The van der Waals surface area contributed by atoms with Gasteiger partial charge in [0.2, 0.25) is 0 Å². The summed E-state index contributed by atoms with van der Waals surface area (Å²) in [7, 11) is 0. The van der Waals surface area contributed by atoms with Crippen LogP contribution in [-0.2, 0) is 0 Å². The van der Waals surface area contributed by atoms with Crippen molar-refractivity contribution in [3.8, 4) is 0 Å². The summed E-state index contributed by atoms with van der Waals surface area (Å²) >= 11 is 0. The molecule has 0 aliphatic carbocycles. The average Bonchev–Trinajstić information content (AvgIpc) is 2.37. The van der Waals surface area contributed by atoms with Gasteiger partial charge >= 0.3 is 0 Å². The first-order valence-electron chi connectivity index (χ1n) is 6.37. The van der Waals surface area contributed by atoms with Gasteiger partial charge in [-0.05, 0) is 43.9 Å². The highest BCUT2D eigenvalue weighted by Crippen LogP contribution is 2.23. The monoisotopic (exact) mass is 238 g/mol. The molecule has 0 heterocycles. The maximum Gasteiger partial charge on any atom is -0.00232 e. The lowest BCUT2D eigenvalue weighted by atomic mass is 9.96. The van der Waals surface area contributed by atoms with E-state index in [4.69, 9.17) is 0 Å². The van der Waals surface area contributed by atoms with Gasteiger partial charge in [0, 0.05) is 0 Å². The van der Waals surface area contributed by atoms with Gasteiger partial charge in [0.05, 0.1) is 0 Å². The fraction of sp³-hybridized carbons (Fsp3) is 0.222. The first kappa shape index (κ1) is 14.2. The standard InChI is InChI=1S/C18H22/c1-5-8-16(9-6-2)14-17(7-3)18-12-10-15(4)11-13-18/h5-13H,1,14H2,2-4H3/b9-6-,16-8+,17-7+. The van der Waals surface area contributed by atoms with E-state index >= 15 is 0 Å². The molecule has 1 rings (SSSR count). The molecule has 18 heavy (non-hydrogen) atoms. The van der Waals surface area contributed by atoms with E-state index in [1.165, 1.54) is 22.3 Å². The molecule has 0 heteroatoms. The largest absolute Gasteiger partial charge is 0.0991 e. The van der Waals surface area contributed by atoms with Crippen LogP contribution in [0.15, 0.2) is 66.8 Å². The summed E-state index contributed by atoms with van der Waals surface area (Å²) in [6.07, 6.45) is 11.2. The highest BCUT2D eigenvalue weighted by molar-refractivity contribution is 5.68. The third kappa shape index (κ3) is 4.21. The van der Waals surface area contributed by atoms with Crippen molar-refractivity contribution in [1.29, 1.82) is 0 Å². The lowest BCUT2D eigenvalue weighted by Crippen LogP contribution is -1.87. The molecule has 0 aromatic heterocycles. The predicted molar refractivity (Wildman–Crippen MR) is 82.5 cm³/mol. The van der Waals surface area contributed by atoms with Crippen LogP contribution in [0, 0.1) is 6.92 Å². The zero-order chi connectivity index (χ0) is 13.4. The molecule has 0 atom stereocenters. The van der Waals surface area contributed by atoms with Gasteiger partial charge in [-0.2, -0.15) is 0 Å². The summed E-state index contributed by atoms with van der Waals surface area (Å²) in [6.45, 7) is 10.0. The summed E-state index contributed by atoms with van der Waals surface area (Å²) in [5, 5.41) is 0. The Labute approximate surface area is 111 Å². The maximum atomic E-state index is 3.77. The fourth-order valence-corrected chi connectivity index (χ4v) is 1.90. The number of hydrogen-bond acceptors (Lipinski definition) is 0. The molecule has 1 aromatic carbocycles. The van der Waals surface area contributed by atoms with Crippen LogP contribution in [0.3, 0.4) is 0 Å².